The molecule has 1 heterocycles. The third kappa shape index (κ3) is 5.91. The second-order valence-electron chi connectivity index (χ2n) is 8.64. The molecular formula is C24H32N2O2. The van der Waals surface area contributed by atoms with Crippen molar-refractivity contribution in [1.82, 2.24) is 10.2 Å². The average molecular weight is 381 g/mol. The molecule has 28 heavy (non-hydrogen) atoms. The van der Waals surface area contributed by atoms with Gasteiger partial charge in [0.15, 0.2) is 0 Å². The molecule has 4 heteroatoms. The van der Waals surface area contributed by atoms with E-state index >= 15 is 0 Å². The second kappa shape index (κ2) is 8.89. The number of hydrogen-bond donors (Lipinski definition) is 2. The zero-order valence-corrected chi connectivity index (χ0v) is 17.2. The summed E-state index contributed by atoms with van der Waals surface area (Å²) >= 11 is 0. The molecule has 2 aromatic rings. The van der Waals surface area contributed by atoms with Crippen LogP contribution in [0.1, 0.15) is 54.2 Å². The van der Waals surface area contributed by atoms with Crippen LogP contribution in [0.25, 0.3) is 0 Å². The molecule has 150 valence electrons. The van der Waals surface area contributed by atoms with Gasteiger partial charge in [0.2, 0.25) is 0 Å². The van der Waals surface area contributed by atoms with E-state index in [0.717, 1.165) is 38.0 Å². The fourth-order valence-corrected chi connectivity index (χ4v) is 3.77. The highest BCUT2D eigenvalue weighted by Gasteiger charge is 2.19. The van der Waals surface area contributed by atoms with Gasteiger partial charge in [0.1, 0.15) is 0 Å². The number of amides is 1. The Morgan fingerprint density at radius 3 is 2.68 bits per heavy atom. The van der Waals surface area contributed by atoms with Crippen molar-refractivity contribution in [3.05, 3.63) is 70.8 Å². The van der Waals surface area contributed by atoms with Crippen molar-refractivity contribution in [2.24, 2.45) is 0 Å². The topological polar surface area (TPSA) is 52.6 Å². The standard InChI is InChI=1S/C24H32N2O2/c1-18(16-26-14-12-20-8-4-5-9-22(20)17-26)25-23(27)21-10-6-7-19(15-21)11-13-24(2,3)28/h4-10,15,18,28H,11-14,16-17H2,1-3H3,(H,25,27)/t18-/m1/s1. The normalized spacial score (nSPS) is 15.7. The Morgan fingerprint density at radius 1 is 1.18 bits per heavy atom. The van der Waals surface area contributed by atoms with E-state index in [-0.39, 0.29) is 11.9 Å². The Balaban J connectivity index is 1.53. The van der Waals surface area contributed by atoms with E-state index in [2.05, 4.69) is 41.4 Å². The van der Waals surface area contributed by atoms with Gasteiger partial charge >= 0.3 is 0 Å². The molecule has 0 spiro atoms. The largest absolute Gasteiger partial charge is 0.390 e. The predicted molar refractivity (Wildman–Crippen MR) is 113 cm³/mol. The SMILES string of the molecule is C[C@H](CN1CCc2ccccc2C1)NC(=O)c1cccc(CCC(C)(C)O)c1. The maximum atomic E-state index is 12.7. The van der Waals surface area contributed by atoms with E-state index in [0.29, 0.717) is 12.0 Å². The molecule has 1 amide bonds. The highest BCUT2D eigenvalue weighted by atomic mass is 16.3. The molecule has 0 bridgehead atoms. The fourth-order valence-electron chi connectivity index (χ4n) is 3.77. The van der Waals surface area contributed by atoms with Crippen LogP contribution < -0.4 is 5.32 Å². The number of carbonyl (C=O) groups excluding carboxylic acids is 1. The number of aliphatic hydroxyl groups is 1. The lowest BCUT2D eigenvalue weighted by Crippen LogP contribution is -2.43. The molecule has 0 radical (unpaired) electrons. The number of benzene rings is 2. The molecule has 2 aromatic carbocycles. The molecule has 0 saturated carbocycles. The summed E-state index contributed by atoms with van der Waals surface area (Å²) in [6.07, 6.45) is 2.50. The van der Waals surface area contributed by atoms with Gasteiger partial charge in [-0.1, -0.05) is 36.4 Å². The van der Waals surface area contributed by atoms with Gasteiger partial charge in [0.25, 0.3) is 5.91 Å². The number of aryl methyl sites for hydroxylation is 1. The first-order valence-corrected chi connectivity index (χ1v) is 10.2. The molecule has 1 atom stereocenters. The summed E-state index contributed by atoms with van der Waals surface area (Å²) in [7, 11) is 0. The number of fused-ring (bicyclic) bond motifs is 1. The first kappa shape index (κ1) is 20.6. The third-order valence-corrected chi connectivity index (χ3v) is 5.33. The van der Waals surface area contributed by atoms with Gasteiger partial charge in [0, 0.05) is 31.2 Å². The van der Waals surface area contributed by atoms with E-state index in [1.807, 2.05) is 38.1 Å². The zero-order chi connectivity index (χ0) is 20.1. The molecule has 4 nitrogen and oxygen atoms in total. The first-order chi connectivity index (χ1) is 13.3. The van der Waals surface area contributed by atoms with Crippen LogP contribution in [0.4, 0.5) is 0 Å². The molecular weight excluding hydrogens is 348 g/mol. The van der Waals surface area contributed by atoms with Gasteiger partial charge < -0.3 is 10.4 Å². The molecule has 0 fully saturated rings. The van der Waals surface area contributed by atoms with E-state index in [1.54, 1.807) is 0 Å². The van der Waals surface area contributed by atoms with Gasteiger partial charge in [-0.05, 0) is 68.9 Å². The molecule has 0 aliphatic carbocycles. The molecule has 0 unspecified atom stereocenters. The van der Waals surface area contributed by atoms with Crippen LogP contribution in [0.5, 0.6) is 0 Å². The lowest BCUT2D eigenvalue weighted by Gasteiger charge is -2.31. The monoisotopic (exact) mass is 380 g/mol. The van der Waals surface area contributed by atoms with Crippen LogP contribution in [-0.2, 0) is 19.4 Å². The van der Waals surface area contributed by atoms with Gasteiger partial charge in [-0.15, -0.1) is 0 Å². The van der Waals surface area contributed by atoms with Crippen LogP contribution in [0.2, 0.25) is 0 Å². The van der Waals surface area contributed by atoms with Crippen molar-refractivity contribution in [3.8, 4) is 0 Å². The number of nitrogens with one attached hydrogen (secondary N) is 1. The Kier molecular flexibility index (Phi) is 6.53. The first-order valence-electron chi connectivity index (χ1n) is 10.2. The Bertz CT molecular complexity index is 810. The molecule has 0 saturated heterocycles. The quantitative estimate of drug-likeness (QED) is 0.772. The molecule has 0 aromatic heterocycles. The Hall–Kier alpha value is -2.17. The van der Waals surface area contributed by atoms with Crippen LogP contribution in [0, 0.1) is 0 Å². The maximum absolute atomic E-state index is 12.7. The molecule has 1 aliphatic heterocycles. The average Bonchev–Trinajstić information content (AvgIpc) is 2.66. The number of nitrogens with zero attached hydrogens (tertiary/aromatic N) is 1. The summed E-state index contributed by atoms with van der Waals surface area (Å²) in [5.41, 5.74) is 3.91. The summed E-state index contributed by atoms with van der Waals surface area (Å²) in [5.74, 6) is -0.0324. The second-order valence-corrected chi connectivity index (χ2v) is 8.64. The predicted octanol–water partition coefficient (Wildman–Crippen LogP) is 3.57. The number of hydrogen-bond acceptors (Lipinski definition) is 3. The molecule has 1 aliphatic rings. The van der Waals surface area contributed by atoms with Gasteiger partial charge in [-0.25, -0.2) is 0 Å². The lowest BCUT2D eigenvalue weighted by atomic mass is 9.98. The zero-order valence-electron chi connectivity index (χ0n) is 17.2. The number of carbonyl (C=O) groups is 1. The van der Waals surface area contributed by atoms with Crippen LogP contribution in [-0.4, -0.2) is 40.6 Å². The van der Waals surface area contributed by atoms with Crippen molar-refractivity contribution in [2.45, 2.75) is 58.2 Å². The van der Waals surface area contributed by atoms with Crippen LogP contribution in [0.3, 0.4) is 0 Å². The van der Waals surface area contributed by atoms with Crippen LogP contribution in [0.15, 0.2) is 48.5 Å². The van der Waals surface area contributed by atoms with Gasteiger partial charge in [-0.3, -0.25) is 9.69 Å². The highest BCUT2D eigenvalue weighted by Crippen LogP contribution is 2.19. The Morgan fingerprint density at radius 2 is 1.93 bits per heavy atom. The minimum Gasteiger partial charge on any atom is -0.390 e. The van der Waals surface area contributed by atoms with E-state index in [1.165, 1.54) is 11.1 Å². The number of rotatable bonds is 7. The summed E-state index contributed by atoms with van der Waals surface area (Å²) < 4.78 is 0. The third-order valence-electron chi connectivity index (χ3n) is 5.33. The van der Waals surface area contributed by atoms with Gasteiger partial charge in [-0.2, -0.15) is 0 Å². The summed E-state index contributed by atoms with van der Waals surface area (Å²) in [6.45, 7) is 8.51. The highest BCUT2D eigenvalue weighted by molar-refractivity contribution is 5.94. The fraction of sp³-hybridized carbons (Fsp3) is 0.458. The Labute approximate surface area is 168 Å². The van der Waals surface area contributed by atoms with Crippen molar-refractivity contribution < 1.29 is 9.90 Å². The van der Waals surface area contributed by atoms with E-state index in [4.69, 9.17) is 0 Å². The minimum atomic E-state index is -0.695. The van der Waals surface area contributed by atoms with Crippen molar-refractivity contribution in [1.29, 1.82) is 0 Å². The summed E-state index contributed by atoms with van der Waals surface area (Å²) in [6, 6.07) is 16.4. The smallest absolute Gasteiger partial charge is 0.251 e. The van der Waals surface area contributed by atoms with Gasteiger partial charge in [0.05, 0.1) is 5.60 Å². The minimum absolute atomic E-state index is 0.0324. The van der Waals surface area contributed by atoms with Crippen LogP contribution >= 0.6 is 0 Å². The molecule has 2 N–H and O–H groups in total. The summed E-state index contributed by atoms with van der Waals surface area (Å²) in [5, 5.41) is 13.0. The molecule has 3 rings (SSSR count). The lowest BCUT2D eigenvalue weighted by molar-refractivity contribution is 0.0714. The summed E-state index contributed by atoms with van der Waals surface area (Å²) in [4.78, 5) is 15.1. The van der Waals surface area contributed by atoms with Crippen molar-refractivity contribution in [3.63, 3.8) is 0 Å². The van der Waals surface area contributed by atoms with E-state index in [9.17, 15) is 9.90 Å². The maximum Gasteiger partial charge on any atom is 0.251 e. The van der Waals surface area contributed by atoms with Crippen molar-refractivity contribution >= 4 is 5.91 Å². The van der Waals surface area contributed by atoms with E-state index < -0.39 is 5.60 Å². The van der Waals surface area contributed by atoms with Crippen molar-refractivity contribution in [2.75, 3.05) is 13.1 Å².